The lowest BCUT2D eigenvalue weighted by Crippen LogP contribution is -2.37. The number of hydrogen-bond donors (Lipinski definition) is 3. The van der Waals surface area contributed by atoms with E-state index in [1.807, 2.05) is 41.3 Å². The summed E-state index contributed by atoms with van der Waals surface area (Å²) in [5, 5.41) is 8.98. The molecule has 4 rings (SSSR count). The molecule has 0 unspecified atom stereocenters. The van der Waals surface area contributed by atoms with E-state index >= 15 is 0 Å². The number of hydrogen-bond acceptors (Lipinski definition) is 4. The summed E-state index contributed by atoms with van der Waals surface area (Å²) in [5.74, 6) is 0.661. The SMILES string of the molecule is C=C1Nc2ccc(CC(=O)N3CCCc4c(C(=O)NC)cccc43)cc2N1. The van der Waals surface area contributed by atoms with E-state index in [2.05, 4.69) is 22.5 Å². The predicted octanol–water partition coefficient (Wildman–Crippen LogP) is 2.88. The Kier molecular flexibility index (Phi) is 4.32. The number of rotatable bonds is 3. The number of amides is 2. The minimum Gasteiger partial charge on any atom is -0.355 e. The average Bonchev–Trinajstić information content (AvgIpc) is 3.05. The van der Waals surface area contributed by atoms with Gasteiger partial charge in [-0.15, -0.1) is 0 Å². The van der Waals surface area contributed by atoms with Crippen molar-refractivity contribution in [2.75, 3.05) is 29.1 Å². The molecule has 0 aliphatic carbocycles. The molecule has 2 aromatic carbocycles. The molecule has 0 aromatic heterocycles. The van der Waals surface area contributed by atoms with Gasteiger partial charge in [-0.1, -0.05) is 18.7 Å². The third-order valence-corrected chi connectivity index (χ3v) is 5.03. The molecule has 0 saturated carbocycles. The van der Waals surface area contributed by atoms with E-state index in [1.165, 1.54) is 0 Å². The zero-order valence-corrected chi connectivity index (χ0v) is 15.3. The van der Waals surface area contributed by atoms with Gasteiger partial charge in [-0.25, -0.2) is 0 Å². The largest absolute Gasteiger partial charge is 0.355 e. The summed E-state index contributed by atoms with van der Waals surface area (Å²) in [4.78, 5) is 27.0. The van der Waals surface area contributed by atoms with E-state index in [-0.39, 0.29) is 11.8 Å². The summed E-state index contributed by atoms with van der Waals surface area (Å²) < 4.78 is 0. The Bertz CT molecular complexity index is 951. The maximum absolute atomic E-state index is 13.0. The van der Waals surface area contributed by atoms with Crippen LogP contribution in [0.5, 0.6) is 0 Å². The van der Waals surface area contributed by atoms with Crippen molar-refractivity contribution in [3.05, 3.63) is 65.5 Å². The maximum Gasteiger partial charge on any atom is 0.251 e. The Morgan fingerprint density at radius 1 is 1.19 bits per heavy atom. The van der Waals surface area contributed by atoms with Crippen molar-refractivity contribution in [2.24, 2.45) is 0 Å². The fourth-order valence-corrected chi connectivity index (χ4v) is 3.77. The van der Waals surface area contributed by atoms with Crippen molar-refractivity contribution >= 4 is 28.9 Å². The number of carbonyl (C=O) groups excluding carboxylic acids is 2. The van der Waals surface area contributed by atoms with Crippen LogP contribution in [0.3, 0.4) is 0 Å². The second kappa shape index (κ2) is 6.79. The number of anilines is 3. The van der Waals surface area contributed by atoms with Crippen LogP contribution >= 0.6 is 0 Å². The lowest BCUT2D eigenvalue weighted by atomic mass is 9.95. The predicted molar refractivity (Wildman–Crippen MR) is 107 cm³/mol. The molecule has 0 bridgehead atoms. The number of carbonyl (C=O) groups is 2. The highest BCUT2D eigenvalue weighted by molar-refractivity contribution is 6.01. The monoisotopic (exact) mass is 362 g/mol. The molecule has 6 heteroatoms. The minimum atomic E-state index is -0.112. The average molecular weight is 362 g/mol. The number of fused-ring (bicyclic) bond motifs is 2. The van der Waals surface area contributed by atoms with E-state index in [1.54, 1.807) is 7.05 Å². The normalized spacial score (nSPS) is 14.7. The molecule has 2 amide bonds. The first-order valence-corrected chi connectivity index (χ1v) is 9.07. The van der Waals surface area contributed by atoms with Crippen LogP contribution in [0.4, 0.5) is 17.1 Å². The van der Waals surface area contributed by atoms with E-state index < -0.39 is 0 Å². The molecule has 27 heavy (non-hydrogen) atoms. The van der Waals surface area contributed by atoms with Gasteiger partial charge >= 0.3 is 0 Å². The lowest BCUT2D eigenvalue weighted by Gasteiger charge is -2.30. The minimum absolute atomic E-state index is 0.0368. The van der Waals surface area contributed by atoms with Gasteiger partial charge in [0.25, 0.3) is 5.91 Å². The van der Waals surface area contributed by atoms with Crippen molar-refractivity contribution in [2.45, 2.75) is 19.3 Å². The van der Waals surface area contributed by atoms with E-state index in [4.69, 9.17) is 0 Å². The Hall–Kier alpha value is -3.28. The van der Waals surface area contributed by atoms with Crippen molar-refractivity contribution < 1.29 is 9.59 Å². The second-order valence-electron chi connectivity index (χ2n) is 6.82. The van der Waals surface area contributed by atoms with Gasteiger partial charge in [0, 0.05) is 24.8 Å². The quantitative estimate of drug-likeness (QED) is 0.785. The van der Waals surface area contributed by atoms with Gasteiger partial charge in [-0.05, 0) is 48.2 Å². The molecule has 0 spiro atoms. The number of nitrogens with one attached hydrogen (secondary N) is 3. The number of benzene rings is 2. The number of nitrogens with zero attached hydrogens (tertiary/aromatic N) is 1. The van der Waals surface area contributed by atoms with Crippen LogP contribution in [0.2, 0.25) is 0 Å². The molecule has 0 saturated heterocycles. The first-order valence-electron chi connectivity index (χ1n) is 9.07. The summed E-state index contributed by atoms with van der Waals surface area (Å²) >= 11 is 0. The van der Waals surface area contributed by atoms with Crippen LogP contribution in [0.1, 0.15) is 27.9 Å². The molecule has 2 aliphatic rings. The van der Waals surface area contributed by atoms with Gasteiger partial charge in [-0.2, -0.15) is 0 Å². The van der Waals surface area contributed by atoms with Gasteiger partial charge < -0.3 is 20.9 Å². The molecule has 0 fully saturated rings. The standard InChI is InChI=1S/C21H22N4O2/c1-13-23-17-9-8-14(11-18(17)24-13)12-20(26)25-10-4-6-15-16(21(27)22-2)5-3-7-19(15)25/h3,5,7-9,11,23-24H,1,4,6,10,12H2,2H3,(H,22,27). The molecule has 2 heterocycles. The topological polar surface area (TPSA) is 73.5 Å². The Balaban J connectivity index is 1.59. The molecule has 138 valence electrons. The van der Waals surface area contributed by atoms with Gasteiger partial charge in [0.2, 0.25) is 5.91 Å². The summed E-state index contributed by atoms with van der Waals surface area (Å²) in [6.07, 6.45) is 1.96. The van der Waals surface area contributed by atoms with Crippen molar-refractivity contribution in [1.82, 2.24) is 5.32 Å². The summed E-state index contributed by atoms with van der Waals surface area (Å²) in [7, 11) is 1.62. The smallest absolute Gasteiger partial charge is 0.251 e. The molecule has 3 N–H and O–H groups in total. The zero-order chi connectivity index (χ0) is 19.0. The van der Waals surface area contributed by atoms with E-state index in [9.17, 15) is 9.59 Å². The highest BCUT2D eigenvalue weighted by Gasteiger charge is 2.26. The first kappa shape index (κ1) is 17.1. The zero-order valence-electron chi connectivity index (χ0n) is 15.3. The fourth-order valence-electron chi connectivity index (χ4n) is 3.77. The molecule has 0 atom stereocenters. The molecule has 2 aliphatic heterocycles. The summed E-state index contributed by atoms with van der Waals surface area (Å²) in [6, 6.07) is 11.5. The lowest BCUT2D eigenvalue weighted by molar-refractivity contribution is -0.118. The van der Waals surface area contributed by atoms with Crippen LogP contribution in [0.15, 0.2) is 48.8 Å². The molecule has 6 nitrogen and oxygen atoms in total. The highest BCUT2D eigenvalue weighted by atomic mass is 16.2. The summed E-state index contributed by atoms with van der Waals surface area (Å²) in [5.41, 5.74) is 5.30. The fraction of sp³-hybridized carbons (Fsp3) is 0.238. The van der Waals surface area contributed by atoms with Crippen LogP contribution in [-0.4, -0.2) is 25.4 Å². The third-order valence-electron chi connectivity index (χ3n) is 5.03. The van der Waals surface area contributed by atoms with Crippen molar-refractivity contribution in [1.29, 1.82) is 0 Å². The van der Waals surface area contributed by atoms with E-state index in [0.717, 1.165) is 46.9 Å². The van der Waals surface area contributed by atoms with Crippen LogP contribution in [0.25, 0.3) is 0 Å². The van der Waals surface area contributed by atoms with E-state index in [0.29, 0.717) is 18.5 Å². The molecule has 0 radical (unpaired) electrons. The van der Waals surface area contributed by atoms with Crippen LogP contribution in [-0.2, 0) is 17.6 Å². The van der Waals surface area contributed by atoms with Gasteiger partial charge in [-0.3, -0.25) is 9.59 Å². The van der Waals surface area contributed by atoms with Crippen LogP contribution in [0, 0.1) is 0 Å². The van der Waals surface area contributed by atoms with Crippen molar-refractivity contribution in [3.63, 3.8) is 0 Å². The van der Waals surface area contributed by atoms with Crippen molar-refractivity contribution in [3.8, 4) is 0 Å². The Labute approximate surface area is 158 Å². The Morgan fingerprint density at radius 2 is 2.00 bits per heavy atom. The maximum atomic E-state index is 13.0. The molecular formula is C21H22N4O2. The Morgan fingerprint density at radius 3 is 2.81 bits per heavy atom. The highest BCUT2D eigenvalue weighted by Crippen LogP contribution is 2.33. The van der Waals surface area contributed by atoms with Gasteiger partial charge in [0.1, 0.15) is 5.82 Å². The van der Waals surface area contributed by atoms with Gasteiger partial charge in [0.15, 0.2) is 0 Å². The molecule has 2 aromatic rings. The van der Waals surface area contributed by atoms with Crippen LogP contribution < -0.4 is 20.9 Å². The second-order valence-corrected chi connectivity index (χ2v) is 6.82. The third kappa shape index (κ3) is 3.14. The molecular weight excluding hydrogens is 340 g/mol. The summed E-state index contributed by atoms with van der Waals surface area (Å²) in [6.45, 7) is 4.53. The first-order chi connectivity index (χ1) is 13.1. The van der Waals surface area contributed by atoms with Gasteiger partial charge in [0.05, 0.1) is 17.8 Å².